The van der Waals surface area contributed by atoms with Gasteiger partial charge in [-0.3, -0.25) is 9.69 Å². The molecule has 92 valence electrons. The highest BCUT2D eigenvalue weighted by molar-refractivity contribution is 6.42. The smallest absolute Gasteiger partial charge is 0.323 e. The van der Waals surface area contributed by atoms with Crippen LogP contribution in [0, 0.1) is 0 Å². The van der Waals surface area contributed by atoms with Crippen LogP contribution >= 0.6 is 23.2 Å². The Bertz CT molecular complexity index is 437. The Labute approximate surface area is 110 Å². The first kappa shape index (κ1) is 12.7. The normalized spacial score (nSPS) is 19.8. The summed E-state index contributed by atoms with van der Waals surface area (Å²) in [6, 6.07) is 5.34. The third-order valence-electron chi connectivity index (χ3n) is 2.86. The minimum absolute atomic E-state index is 0.146. The number of cyclic esters (lactones) is 1. The van der Waals surface area contributed by atoms with Crippen molar-refractivity contribution in [1.29, 1.82) is 0 Å². The third-order valence-corrected chi connectivity index (χ3v) is 3.59. The maximum atomic E-state index is 11.4. The summed E-state index contributed by atoms with van der Waals surface area (Å²) in [6.07, 6.45) is 0.747. The molecule has 0 radical (unpaired) electrons. The van der Waals surface area contributed by atoms with Crippen LogP contribution in [0.15, 0.2) is 18.2 Å². The van der Waals surface area contributed by atoms with Crippen LogP contribution < -0.4 is 0 Å². The summed E-state index contributed by atoms with van der Waals surface area (Å²) in [6.45, 7) is 1.16. The summed E-state index contributed by atoms with van der Waals surface area (Å²) in [5.74, 6) is -0.146. The van der Waals surface area contributed by atoms with Crippen LogP contribution in [0.4, 0.5) is 0 Å². The molecule has 2 rings (SSSR count). The summed E-state index contributed by atoms with van der Waals surface area (Å²) < 4.78 is 4.94. The van der Waals surface area contributed by atoms with Gasteiger partial charge in [-0.25, -0.2) is 0 Å². The molecule has 0 saturated carbocycles. The third kappa shape index (κ3) is 2.92. The van der Waals surface area contributed by atoms with E-state index in [0.717, 1.165) is 12.0 Å². The van der Waals surface area contributed by atoms with Crippen molar-refractivity contribution in [1.82, 2.24) is 4.90 Å². The lowest BCUT2D eigenvalue weighted by atomic mass is 10.1. The van der Waals surface area contributed by atoms with Crippen LogP contribution in [0.3, 0.4) is 0 Å². The first-order valence-electron chi connectivity index (χ1n) is 5.39. The zero-order valence-corrected chi connectivity index (χ0v) is 11.0. The topological polar surface area (TPSA) is 29.5 Å². The van der Waals surface area contributed by atoms with Gasteiger partial charge in [0.1, 0.15) is 6.04 Å². The second kappa shape index (κ2) is 5.25. The number of carbonyl (C=O) groups is 1. The second-order valence-electron chi connectivity index (χ2n) is 4.14. The van der Waals surface area contributed by atoms with E-state index in [9.17, 15) is 4.79 Å². The van der Waals surface area contributed by atoms with Gasteiger partial charge >= 0.3 is 5.97 Å². The minimum atomic E-state index is -0.149. The van der Waals surface area contributed by atoms with Crippen molar-refractivity contribution in [3.63, 3.8) is 0 Å². The van der Waals surface area contributed by atoms with Crippen LogP contribution in [0.1, 0.15) is 12.0 Å². The molecule has 1 aliphatic rings. The van der Waals surface area contributed by atoms with Gasteiger partial charge in [-0.2, -0.15) is 0 Å². The number of rotatable bonds is 3. The zero-order valence-electron chi connectivity index (χ0n) is 9.45. The molecule has 3 nitrogen and oxygen atoms in total. The molecule has 0 amide bonds. The summed E-state index contributed by atoms with van der Waals surface area (Å²) in [5.41, 5.74) is 1.03. The molecule has 1 atom stereocenters. The zero-order chi connectivity index (χ0) is 12.4. The van der Waals surface area contributed by atoms with Crippen molar-refractivity contribution in [2.45, 2.75) is 19.0 Å². The molecule has 0 aliphatic carbocycles. The molecule has 1 heterocycles. The lowest BCUT2D eigenvalue weighted by Gasteiger charge is -2.21. The maximum absolute atomic E-state index is 11.4. The van der Waals surface area contributed by atoms with E-state index in [1.54, 1.807) is 6.07 Å². The van der Waals surface area contributed by atoms with Gasteiger partial charge in [0.15, 0.2) is 0 Å². The van der Waals surface area contributed by atoms with E-state index in [1.807, 2.05) is 24.1 Å². The fraction of sp³-hybridized carbons (Fsp3) is 0.417. The van der Waals surface area contributed by atoms with Gasteiger partial charge in [-0.15, -0.1) is 0 Å². The second-order valence-corrected chi connectivity index (χ2v) is 4.95. The first-order valence-corrected chi connectivity index (χ1v) is 6.14. The quantitative estimate of drug-likeness (QED) is 0.794. The van der Waals surface area contributed by atoms with Gasteiger partial charge in [0.05, 0.1) is 16.7 Å². The van der Waals surface area contributed by atoms with E-state index in [0.29, 0.717) is 23.2 Å². The van der Waals surface area contributed by atoms with Crippen LogP contribution in [0.2, 0.25) is 10.0 Å². The first-order chi connectivity index (χ1) is 8.08. The summed E-state index contributed by atoms with van der Waals surface area (Å²) in [5, 5.41) is 1.07. The van der Waals surface area contributed by atoms with Crippen molar-refractivity contribution in [3.8, 4) is 0 Å². The maximum Gasteiger partial charge on any atom is 0.323 e. The number of hydrogen-bond donors (Lipinski definition) is 0. The summed E-state index contributed by atoms with van der Waals surface area (Å²) in [7, 11) is 1.90. The summed E-state index contributed by atoms with van der Waals surface area (Å²) in [4.78, 5) is 13.4. The molecule has 1 aliphatic heterocycles. The lowest BCUT2D eigenvalue weighted by Crippen LogP contribution is -2.34. The highest BCUT2D eigenvalue weighted by Crippen LogP contribution is 2.24. The van der Waals surface area contributed by atoms with Crippen molar-refractivity contribution >= 4 is 29.2 Å². The molecule has 0 bridgehead atoms. The number of nitrogens with zero attached hydrogens (tertiary/aromatic N) is 1. The highest BCUT2D eigenvalue weighted by Gasteiger charge is 2.30. The minimum Gasteiger partial charge on any atom is -0.464 e. The molecule has 5 heteroatoms. The molecule has 0 N–H and O–H groups in total. The molecule has 1 aromatic rings. The van der Waals surface area contributed by atoms with Gasteiger partial charge in [0.25, 0.3) is 0 Å². The van der Waals surface area contributed by atoms with Crippen molar-refractivity contribution in [2.75, 3.05) is 13.7 Å². The SMILES string of the molecule is CN(Cc1ccc(Cl)c(Cl)c1)C1CCOC1=O. The van der Waals surface area contributed by atoms with Crippen LogP contribution in [0.25, 0.3) is 0 Å². The number of carbonyl (C=O) groups excluding carboxylic acids is 1. The number of benzene rings is 1. The molecule has 1 unspecified atom stereocenters. The van der Waals surface area contributed by atoms with Crippen LogP contribution in [0.5, 0.6) is 0 Å². The standard InChI is InChI=1S/C12H13Cl2NO2/c1-15(11-4-5-17-12(11)16)7-8-2-3-9(13)10(14)6-8/h2-3,6,11H,4-5,7H2,1H3. The Morgan fingerprint density at radius 1 is 1.41 bits per heavy atom. The van der Waals surface area contributed by atoms with Crippen molar-refractivity contribution < 1.29 is 9.53 Å². The van der Waals surface area contributed by atoms with Gasteiger partial charge in [-0.1, -0.05) is 29.3 Å². The highest BCUT2D eigenvalue weighted by atomic mass is 35.5. The van der Waals surface area contributed by atoms with E-state index in [2.05, 4.69) is 0 Å². The predicted molar refractivity (Wildman–Crippen MR) is 67.3 cm³/mol. The van der Waals surface area contributed by atoms with E-state index >= 15 is 0 Å². The predicted octanol–water partition coefficient (Wildman–Crippen LogP) is 2.74. The van der Waals surface area contributed by atoms with Gasteiger partial charge < -0.3 is 4.74 Å². The van der Waals surface area contributed by atoms with Crippen molar-refractivity contribution in [2.24, 2.45) is 0 Å². The van der Waals surface area contributed by atoms with Gasteiger partial charge in [0.2, 0.25) is 0 Å². The van der Waals surface area contributed by atoms with E-state index in [4.69, 9.17) is 27.9 Å². The number of likely N-dealkylation sites (N-methyl/N-ethyl adjacent to an activating group) is 1. The Kier molecular flexibility index (Phi) is 3.92. The average molecular weight is 274 g/mol. The molecule has 1 saturated heterocycles. The van der Waals surface area contributed by atoms with E-state index < -0.39 is 0 Å². The number of esters is 1. The molecule has 0 aromatic heterocycles. The fourth-order valence-electron chi connectivity index (χ4n) is 1.92. The number of ether oxygens (including phenoxy) is 1. The summed E-state index contributed by atoms with van der Waals surface area (Å²) >= 11 is 11.8. The van der Waals surface area contributed by atoms with Crippen LogP contribution in [-0.4, -0.2) is 30.6 Å². The molecule has 1 aromatic carbocycles. The molecule has 17 heavy (non-hydrogen) atoms. The molecule has 0 spiro atoms. The van der Waals surface area contributed by atoms with Crippen LogP contribution in [-0.2, 0) is 16.1 Å². The average Bonchev–Trinajstić information content (AvgIpc) is 2.70. The molecular formula is C12H13Cl2NO2. The lowest BCUT2D eigenvalue weighted by molar-refractivity contribution is -0.142. The van der Waals surface area contributed by atoms with Gasteiger partial charge in [-0.05, 0) is 24.7 Å². The van der Waals surface area contributed by atoms with Crippen molar-refractivity contribution in [3.05, 3.63) is 33.8 Å². The largest absolute Gasteiger partial charge is 0.464 e. The Morgan fingerprint density at radius 2 is 2.18 bits per heavy atom. The number of hydrogen-bond acceptors (Lipinski definition) is 3. The Hall–Kier alpha value is -0.770. The van der Waals surface area contributed by atoms with E-state index in [-0.39, 0.29) is 12.0 Å². The van der Waals surface area contributed by atoms with E-state index in [1.165, 1.54) is 0 Å². The Morgan fingerprint density at radius 3 is 2.76 bits per heavy atom. The van der Waals surface area contributed by atoms with Gasteiger partial charge in [0, 0.05) is 13.0 Å². The Balaban J connectivity index is 2.04. The number of halogens is 2. The molecular weight excluding hydrogens is 261 g/mol. The monoisotopic (exact) mass is 273 g/mol. The molecule has 1 fully saturated rings. The fourth-order valence-corrected chi connectivity index (χ4v) is 2.24.